The summed E-state index contributed by atoms with van der Waals surface area (Å²) in [6.45, 7) is 0. The lowest BCUT2D eigenvalue weighted by atomic mass is 9.87. The van der Waals surface area contributed by atoms with Gasteiger partial charge in [0.05, 0.1) is 18.4 Å². The number of benzene rings is 1. The number of hydrogen-bond acceptors (Lipinski definition) is 4. The van der Waals surface area contributed by atoms with Crippen LogP contribution in [0.5, 0.6) is 0 Å². The van der Waals surface area contributed by atoms with Gasteiger partial charge in [0, 0.05) is 21.0 Å². The predicted molar refractivity (Wildman–Crippen MR) is 77.8 cm³/mol. The minimum absolute atomic E-state index is 0.262. The van der Waals surface area contributed by atoms with Crippen molar-refractivity contribution >= 4 is 43.5 Å². The molecular weight excluding hydrogens is 364 g/mol. The maximum Gasteiger partial charge on any atom is 0.340 e. The number of ether oxygens (including phenoxy) is 1. The third kappa shape index (κ3) is 2.87. The van der Waals surface area contributed by atoms with Gasteiger partial charge in [0.2, 0.25) is 0 Å². The van der Waals surface area contributed by atoms with Crippen LogP contribution in [0.1, 0.15) is 23.2 Å². The first kappa shape index (κ1) is 13.8. The molecule has 1 aromatic carbocycles. The summed E-state index contributed by atoms with van der Waals surface area (Å²) in [5.74, 6) is -0.358. The van der Waals surface area contributed by atoms with Crippen LogP contribution in [-0.2, 0) is 4.74 Å². The highest BCUT2D eigenvalue weighted by Crippen LogP contribution is 2.34. The lowest BCUT2D eigenvalue weighted by molar-refractivity contribution is 0.0601. The van der Waals surface area contributed by atoms with Crippen molar-refractivity contribution in [2.75, 3.05) is 12.4 Å². The summed E-state index contributed by atoms with van der Waals surface area (Å²) in [4.78, 5) is 11.8. The van der Waals surface area contributed by atoms with Gasteiger partial charge >= 0.3 is 5.97 Å². The molecule has 0 heterocycles. The molecule has 98 valence electrons. The molecule has 6 heteroatoms. The Kier molecular flexibility index (Phi) is 4.29. The molecule has 0 aromatic heterocycles. The van der Waals surface area contributed by atoms with Crippen LogP contribution in [0.2, 0.25) is 0 Å². The number of carbonyl (C=O) groups excluding carboxylic acids is 1. The van der Waals surface area contributed by atoms with E-state index in [2.05, 4.69) is 37.2 Å². The number of nitrogens with two attached hydrogens (primary N) is 1. The molecule has 0 bridgehead atoms. The zero-order valence-electron chi connectivity index (χ0n) is 9.87. The Bertz CT molecular complexity index is 473. The van der Waals surface area contributed by atoms with Gasteiger partial charge in [0.15, 0.2) is 0 Å². The number of anilines is 1. The SMILES string of the molecule is COC(=O)c1cc(Br)cc(Br)c1NC1CC(N)C1. The van der Waals surface area contributed by atoms with E-state index in [-0.39, 0.29) is 12.0 Å². The minimum atomic E-state index is -0.358. The summed E-state index contributed by atoms with van der Waals surface area (Å²) >= 11 is 6.83. The Balaban J connectivity index is 2.28. The second-order valence-electron chi connectivity index (χ2n) is 4.37. The second kappa shape index (κ2) is 5.59. The second-order valence-corrected chi connectivity index (χ2v) is 6.14. The highest BCUT2D eigenvalue weighted by Gasteiger charge is 2.28. The van der Waals surface area contributed by atoms with E-state index in [0.717, 1.165) is 27.5 Å². The molecule has 1 aliphatic rings. The standard InChI is InChI=1S/C12H14Br2N2O2/c1-18-12(17)9-2-6(13)3-10(14)11(9)16-8-4-7(15)5-8/h2-3,7-8,16H,4-5,15H2,1H3. The third-order valence-electron chi connectivity index (χ3n) is 2.98. The van der Waals surface area contributed by atoms with E-state index in [1.54, 1.807) is 6.07 Å². The van der Waals surface area contributed by atoms with Crippen molar-refractivity contribution in [3.05, 3.63) is 26.6 Å². The largest absolute Gasteiger partial charge is 0.465 e. The predicted octanol–water partition coefficient (Wildman–Crippen LogP) is 2.90. The number of hydrogen-bond donors (Lipinski definition) is 2. The first-order chi connectivity index (χ1) is 8.51. The molecule has 0 spiro atoms. The van der Waals surface area contributed by atoms with Crippen LogP contribution in [0.3, 0.4) is 0 Å². The summed E-state index contributed by atoms with van der Waals surface area (Å²) < 4.78 is 6.45. The van der Waals surface area contributed by atoms with Gasteiger partial charge in [0.25, 0.3) is 0 Å². The molecule has 0 aliphatic heterocycles. The Hall–Kier alpha value is -0.590. The van der Waals surface area contributed by atoms with E-state index in [4.69, 9.17) is 10.5 Å². The lowest BCUT2D eigenvalue weighted by Crippen LogP contribution is -2.44. The highest BCUT2D eigenvalue weighted by molar-refractivity contribution is 9.11. The zero-order valence-corrected chi connectivity index (χ0v) is 13.0. The normalized spacial score (nSPS) is 22.2. The van der Waals surface area contributed by atoms with E-state index < -0.39 is 0 Å². The fraction of sp³-hybridized carbons (Fsp3) is 0.417. The van der Waals surface area contributed by atoms with Crippen molar-refractivity contribution < 1.29 is 9.53 Å². The van der Waals surface area contributed by atoms with Gasteiger partial charge in [-0.2, -0.15) is 0 Å². The van der Waals surface area contributed by atoms with Crippen LogP contribution < -0.4 is 11.1 Å². The summed E-state index contributed by atoms with van der Waals surface area (Å²) in [5, 5.41) is 3.34. The smallest absolute Gasteiger partial charge is 0.340 e. The fourth-order valence-electron chi connectivity index (χ4n) is 1.98. The van der Waals surface area contributed by atoms with Crippen LogP contribution in [-0.4, -0.2) is 25.2 Å². The molecule has 1 fully saturated rings. The number of nitrogens with one attached hydrogen (secondary N) is 1. The molecule has 0 unspecified atom stereocenters. The van der Waals surface area contributed by atoms with E-state index in [0.29, 0.717) is 11.6 Å². The number of carbonyl (C=O) groups is 1. The molecule has 0 atom stereocenters. The van der Waals surface area contributed by atoms with Gasteiger partial charge in [-0.25, -0.2) is 4.79 Å². The molecule has 0 radical (unpaired) electrons. The quantitative estimate of drug-likeness (QED) is 0.795. The molecule has 4 nitrogen and oxygen atoms in total. The van der Waals surface area contributed by atoms with Crippen LogP contribution in [0, 0.1) is 0 Å². The summed E-state index contributed by atoms with van der Waals surface area (Å²) in [5.41, 5.74) is 7.04. The van der Waals surface area contributed by atoms with Crippen molar-refractivity contribution in [3.63, 3.8) is 0 Å². The van der Waals surface area contributed by atoms with Gasteiger partial charge in [-0.15, -0.1) is 0 Å². The number of halogens is 2. The maximum absolute atomic E-state index is 11.8. The maximum atomic E-state index is 11.8. The van der Waals surface area contributed by atoms with Crippen molar-refractivity contribution in [1.82, 2.24) is 0 Å². The number of methoxy groups -OCH3 is 1. The zero-order chi connectivity index (χ0) is 13.3. The fourth-order valence-corrected chi connectivity index (χ4v) is 3.31. The first-order valence-electron chi connectivity index (χ1n) is 5.60. The van der Waals surface area contributed by atoms with Gasteiger partial charge in [-0.1, -0.05) is 15.9 Å². The Labute approximate surface area is 123 Å². The van der Waals surface area contributed by atoms with Gasteiger partial charge in [-0.3, -0.25) is 0 Å². The summed E-state index contributed by atoms with van der Waals surface area (Å²) in [6, 6.07) is 4.23. The van der Waals surface area contributed by atoms with E-state index in [1.807, 2.05) is 6.07 Å². The average Bonchev–Trinajstić information content (AvgIpc) is 2.28. The third-order valence-corrected chi connectivity index (χ3v) is 4.07. The molecule has 18 heavy (non-hydrogen) atoms. The van der Waals surface area contributed by atoms with E-state index >= 15 is 0 Å². The van der Waals surface area contributed by atoms with Crippen molar-refractivity contribution in [3.8, 4) is 0 Å². The number of rotatable bonds is 3. The molecule has 2 rings (SSSR count). The number of esters is 1. The van der Waals surface area contributed by atoms with Gasteiger partial charge in [0.1, 0.15) is 0 Å². The lowest BCUT2D eigenvalue weighted by Gasteiger charge is -2.34. The topological polar surface area (TPSA) is 64.3 Å². The molecule has 1 aromatic rings. The summed E-state index contributed by atoms with van der Waals surface area (Å²) in [7, 11) is 1.38. The van der Waals surface area contributed by atoms with Crippen molar-refractivity contribution in [2.45, 2.75) is 24.9 Å². The molecule has 0 amide bonds. The van der Waals surface area contributed by atoms with Crippen molar-refractivity contribution in [2.24, 2.45) is 5.73 Å². The van der Waals surface area contributed by atoms with Crippen LogP contribution in [0.25, 0.3) is 0 Å². The van der Waals surface area contributed by atoms with Gasteiger partial charge in [-0.05, 0) is 40.9 Å². The Morgan fingerprint density at radius 1 is 1.44 bits per heavy atom. The Morgan fingerprint density at radius 3 is 2.67 bits per heavy atom. The van der Waals surface area contributed by atoms with Gasteiger partial charge < -0.3 is 15.8 Å². The molecule has 1 saturated carbocycles. The van der Waals surface area contributed by atoms with E-state index in [1.165, 1.54) is 7.11 Å². The average molecular weight is 378 g/mol. The summed E-state index contributed by atoms with van der Waals surface area (Å²) in [6.07, 6.45) is 1.84. The van der Waals surface area contributed by atoms with Crippen molar-refractivity contribution in [1.29, 1.82) is 0 Å². The van der Waals surface area contributed by atoms with E-state index in [9.17, 15) is 4.79 Å². The van der Waals surface area contributed by atoms with Crippen LogP contribution in [0.4, 0.5) is 5.69 Å². The minimum Gasteiger partial charge on any atom is -0.465 e. The Morgan fingerprint density at radius 2 is 2.11 bits per heavy atom. The van der Waals surface area contributed by atoms with Crippen LogP contribution in [0.15, 0.2) is 21.1 Å². The molecule has 3 N–H and O–H groups in total. The molecular formula is C12H14Br2N2O2. The first-order valence-corrected chi connectivity index (χ1v) is 7.19. The molecule has 1 aliphatic carbocycles. The monoisotopic (exact) mass is 376 g/mol. The molecule has 0 saturated heterocycles. The van der Waals surface area contributed by atoms with Crippen LogP contribution >= 0.6 is 31.9 Å². The highest BCUT2D eigenvalue weighted by atomic mass is 79.9.